The number of aromatic nitrogens is 3. The van der Waals surface area contributed by atoms with E-state index in [0.717, 1.165) is 38.8 Å². The fourth-order valence-corrected chi connectivity index (χ4v) is 7.55. The van der Waals surface area contributed by atoms with Crippen LogP contribution in [0.5, 0.6) is 0 Å². The maximum absolute atomic E-state index is 5.30. The highest BCUT2D eigenvalue weighted by molar-refractivity contribution is 6.23. The van der Waals surface area contributed by atoms with Gasteiger partial charge in [-0.15, -0.1) is 0 Å². The molecule has 10 aromatic rings. The molecule has 3 heterocycles. The van der Waals surface area contributed by atoms with Gasteiger partial charge in [-0.1, -0.05) is 140 Å². The number of imidazole rings is 1. The molecule has 0 saturated heterocycles. The van der Waals surface area contributed by atoms with Gasteiger partial charge in [0.05, 0.1) is 5.69 Å². The molecule has 0 aliphatic heterocycles. The zero-order valence-corrected chi connectivity index (χ0v) is 25.4. The van der Waals surface area contributed by atoms with Crippen molar-refractivity contribution < 1.29 is 0 Å². The van der Waals surface area contributed by atoms with Crippen LogP contribution in [0.1, 0.15) is 0 Å². The fraction of sp³-hybridized carbons (Fsp3) is 0. The van der Waals surface area contributed by atoms with Crippen molar-refractivity contribution in [1.29, 1.82) is 0 Å². The average molecular weight is 598 g/mol. The van der Waals surface area contributed by atoms with Crippen LogP contribution >= 0.6 is 0 Å². The van der Waals surface area contributed by atoms with Crippen LogP contribution in [0.3, 0.4) is 0 Å². The van der Waals surface area contributed by atoms with Crippen LogP contribution in [-0.4, -0.2) is 14.4 Å². The van der Waals surface area contributed by atoms with Gasteiger partial charge < -0.3 is 0 Å². The van der Waals surface area contributed by atoms with Crippen LogP contribution in [0, 0.1) is 0 Å². The highest BCUT2D eigenvalue weighted by Crippen LogP contribution is 2.46. The minimum atomic E-state index is 0.870. The van der Waals surface area contributed by atoms with Gasteiger partial charge in [0.15, 0.2) is 5.65 Å². The molecule has 0 unspecified atom stereocenters. The molecule has 0 spiro atoms. The Morgan fingerprint density at radius 2 is 0.979 bits per heavy atom. The number of pyridine rings is 2. The SMILES string of the molecule is c1cc(-c2c3ccccc3c(-c3cccc4ccccc34)c3ccccc23)cc(-c2nc3c(nc4ccccn43)c3ccccc23)c1. The summed E-state index contributed by atoms with van der Waals surface area (Å²) in [5, 5.41) is 9.69. The first-order chi connectivity index (χ1) is 23.3. The molecule has 0 aliphatic rings. The van der Waals surface area contributed by atoms with E-state index in [9.17, 15) is 0 Å². The Hall–Kier alpha value is -6.32. The summed E-state index contributed by atoms with van der Waals surface area (Å²) in [5.41, 5.74) is 9.68. The van der Waals surface area contributed by atoms with Gasteiger partial charge in [-0.25, -0.2) is 9.97 Å². The fourth-order valence-electron chi connectivity index (χ4n) is 7.55. The Kier molecular flexibility index (Phi) is 5.57. The molecule has 7 aromatic carbocycles. The van der Waals surface area contributed by atoms with Gasteiger partial charge in [0.1, 0.15) is 11.2 Å². The van der Waals surface area contributed by atoms with E-state index in [0.29, 0.717) is 0 Å². The third-order valence-electron chi connectivity index (χ3n) is 9.57. The number of hydrogen-bond acceptors (Lipinski definition) is 2. The summed E-state index contributed by atoms with van der Waals surface area (Å²) in [6.07, 6.45) is 2.04. The summed E-state index contributed by atoms with van der Waals surface area (Å²) in [6.45, 7) is 0. The molecular weight excluding hydrogens is 571 g/mol. The summed E-state index contributed by atoms with van der Waals surface area (Å²) in [7, 11) is 0. The van der Waals surface area contributed by atoms with Crippen molar-refractivity contribution in [2.24, 2.45) is 0 Å². The van der Waals surface area contributed by atoms with E-state index in [2.05, 4.69) is 144 Å². The maximum atomic E-state index is 5.30. The normalized spacial score (nSPS) is 11.8. The van der Waals surface area contributed by atoms with Crippen LogP contribution in [0.15, 0.2) is 164 Å². The molecule has 0 atom stereocenters. The van der Waals surface area contributed by atoms with Gasteiger partial charge in [-0.3, -0.25) is 4.40 Å². The molecule has 0 bridgehead atoms. The standard InChI is InChI=1S/C44H27N3/c1-2-17-31-28(13-1)14-12-24-32(31)41-35-20-5-3-18-33(35)40(34-19-4-6-21-36(34)41)29-15-11-16-30(27-29)42-37-22-7-8-23-38(37)43-44(46-42)47-26-10-9-25-39(47)45-43/h1-27H. The second-order valence-corrected chi connectivity index (χ2v) is 12.2. The van der Waals surface area contributed by atoms with Crippen molar-refractivity contribution in [2.45, 2.75) is 0 Å². The van der Waals surface area contributed by atoms with Crippen molar-refractivity contribution in [2.75, 3.05) is 0 Å². The van der Waals surface area contributed by atoms with Gasteiger partial charge in [0, 0.05) is 22.5 Å². The Bertz CT molecular complexity index is 2800. The first-order valence-electron chi connectivity index (χ1n) is 16.0. The molecule has 3 nitrogen and oxygen atoms in total. The van der Waals surface area contributed by atoms with Gasteiger partial charge >= 0.3 is 0 Å². The molecule has 218 valence electrons. The molecule has 0 amide bonds. The maximum Gasteiger partial charge on any atom is 0.165 e. The lowest BCUT2D eigenvalue weighted by Crippen LogP contribution is -1.93. The average Bonchev–Trinajstić information content (AvgIpc) is 3.52. The molecule has 0 aliphatic carbocycles. The van der Waals surface area contributed by atoms with Crippen molar-refractivity contribution in [3.8, 4) is 33.5 Å². The van der Waals surface area contributed by atoms with E-state index in [1.807, 2.05) is 24.4 Å². The highest BCUT2D eigenvalue weighted by Gasteiger charge is 2.19. The largest absolute Gasteiger partial charge is 0.284 e. The number of nitrogens with zero attached hydrogens (tertiary/aromatic N) is 3. The van der Waals surface area contributed by atoms with Crippen LogP contribution < -0.4 is 0 Å². The lowest BCUT2D eigenvalue weighted by molar-refractivity contribution is 1.19. The first-order valence-corrected chi connectivity index (χ1v) is 16.0. The minimum absolute atomic E-state index is 0.870. The zero-order valence-electron chi connectivity index (χ0n) is 25.4. The molecule has 0 radical (unpaired) electrons. The van der Waals surface area contributed by atoms with Gasteiger partial charge in [-0.2, -0.15) is 0 Å². The topological polar surface area (TPSA) is 30.2 Å². The predicted molar refractivity (Wildman–Crippen MR) is 197 cm³/mol. The van der Waals surface area contributed by atoms with E-state index in [1.54, 1.807) is 0 Å². The summed E-state index contributed by atoms with van der Waals surface area (Å²) in [5.74, 6) is 0. The third kappa shape index (κ3) is 3.87. The Labute approximate surface area is 271 Å². The second-order valence-electron chi connectivity index (χ2n) is 12.2. The molecule has 0 saturated carbocycles. The summed E-state index contributed by atoms with van der Waals surface area (Å²) in [6, 6.07) is 56.6. The summed E-state index contributed by atoms with van der Waals surface area (Å²) >= 11 is 0. The van der Waals surface area contributed by atoms with Crippen molar-refractivity contribution in [3.63, 3.8) is 0 Å². The van der Waals surface area contributed by atoms with E-state index < -0.39 is 0 Å². The monoisotopic (exact) mass is 597 g/mol. The van der Waals surface area contributed by atoms with E-state index in [-0.39, 0.29) is 0 Å². The van der Waals surface area contributed by atoms with Crippen LogP contribution in [0.2, 0.25) is 0 Å². The van der Waals surface area contributed by atoms with Gasteiger partial charge in [-0.05, 0) is 72.8 Å². The summed E-state index contributed by atoms with van der Waals surface area (Å²) in [4.78, 5) is 10.3. The van der Waals surface area contributed by atoms with E-state index in [4.69, 9.17) is 9.97 Å². The van der Waals surface area contributed by atoms with Crippen molar-refractivity contribution in [1.82, 2.24) is 14.4 Å². The molecule has 10 rings (SSSR count). The molecule has 3 aromatic heterocycles. The molecule has 3 heteroatoms. The smallest absolute Gasteiger partial charge is 0.165 e. The minimum Gasteiger partial charge on any atom is -0.284 e. The van der Waals surface area contributed by atoms with Crippen molar-refractivity contribution in [3.05, 3.63) is 164 Å². The van der Waals surface area contributed by atoms with Crippen LogP contribution in [0.25, 0.3) is 93.4 Å². The molecule has 0 fully saturated rings. The molecule has 0 N–H and O–H groups in total. The number of benzene rings is 7. The number of fused-ring (bicyclic) bond motifs is 8. The zero-order chi connectivity index (χ0) is 30.9. The Morgan fingerprint density at radius 3 is 1.74 bits per heavy atom. The molecule has 47 heavy (non-hydrogen) atoms. The van der Waals surface area contributed by atoms with Crippen LogP contribution in [-0.2, 0) is 0 Å². The number of hydrogen-bond donors (Lipinski definition) is 0. The lowest BCUT2D eigenvalue weighted by Gasteiger charge is -2.19. The second kappa shape index (κ2) is 10.1. The first kappa shape index (κ1) is 26.0. The quantitative estimate of drug-likeness (QED) is 0.190. The van der Waals surface area contributed by atoms with Crippen molar-refractivity contribution >= 4 is 59.9 Å². The van der Waals surface area contributed by atoms with E-state index >= 15 is 0 Å². The third-order valence-corrected chi connectivity index (χ3v) is 9.57. The Morgan fingerprint density at radius 1 is 0.404 bits per heavy atom. The predicted octanol–water partition coefficient (Wildman–Crippen LogP) is 11.5. The molecular formula is C44H27N3. The number of rotatable bonds is 3. The van der Waals surface area contributed by atoms with E-state index in [1.165, 1.54) is 54.6 Å². The Balaban J connectivity index is 1.27. The highest BCUT2D eigenvalue weighted by atomic mass is 15.1. The van der Waals surface area contributed by atoms with Gasteiger partial charge in [0.25, 0.3) is 0 Å². The van der Waals surface area contributed by atoms with Crippen LogP contribution in [0.4, 0.5) is 0 Å². The van der Waals surface area contributed by atoms with Gasteiger partial charge in [0.2, 0.25) is 0 Å². The summed E-state index contributed by atoms with van der Waals surface area (Å²) < 4.78 is 2.09. The lowest BCUT2D eigenvalue weighted by atomic mass is 9.84.